The molecule has 0 aliphatic carbocycles. The summed E-state index contributed by atoms with van der Waals surface area (Å²) < 4.78 is 13.4. The van der Waals surface area contributed by atoms with E-state index in [0.717, 1.165) is 5.56 Å². The van der Waals surface area contributed by atoms with Crippen molar-refractivity contribution in [3.05, 3.63) is 47.1 Å². The highest BCUT2D eigenvalue weighted by Crippen LogP contribution is 2.15. The van der Waals surface area contributed by atoms with E-state index in [4.69, 9.17) is 12.2 Å². The van der Waals surface area contributed by atoms with E-state index in [0.29, 0.717) is 10.3 Å². The van der Waals surface area contributed by atoms with Gasteiger partial charge in [-0.05, 0) is 12.1 Å². The average Bonchev–Trinajstić information content (AvgIpc) is 2.19. The molecule has 2 rings (SSSR count). The number of aromatic nitrogens is 2. The van der Waals surface area contributed by atoms with E-state index < -0.39 is 0 Å². The summed E-state index contributed by atoms with van der Waals surface area (Å²) in [5.74, 6) is -0.272. The number of benzene rings is 1. The molecule has 0 amide bonds. The summed E-state index contributed by atoms with van der Waals surface area (Å²) in [6, 6.07) is 6.27. The summed E-state index contributed by atoms with van der Waals surface area (Å²) in [4.78, 5) is 6.94. The van der Waals surface area contributed by atoms with Gasteiger partial charge in [-0.1, -0.05) is 24.4 Å². The zero-order valence-electron chi connectivity index (χ0n) is 7.20. The van der Waals surface area contributed by atoms with Crippen LogP contribution in [0.1, 0.15) is 0 Å². The van der Waals surface area contributed by atoms with Gasteiger partial charge in [0.05, 0.1) is 11.9 Å². The lowest BCUT2D eigenvalue weighted by Gasteiger charge is -1.99. The third-order valence-corrected chi connectivity index (χ3v) is 2.02. The molecule has 1 heterocycles. The first-order valence-corrected chi connectivity index (χ1v) is 4.47. The molecule has 0 spiro atoms. The molecule has 0 fully saturated rings. The molecule has 0 radical (unpaired) electrons. The molecule has 4 heteroatoms. The van der Waals surface area contributed by atoms with Gasteiger partial charge in [0.1, 0.15) is 10.5 Å². The van der Waals surface area contributed by atoms with Gasteiger partial charge in [-0.15, -0.1) is 0 Å². The van der Waals surface area contributed by atoms with E-state index in [9.17, 15) is 4.39 Å². The highest BCUT2D eigenvalue weighted by atomic mass is 32.1. The monoisotopic (exact) mass is 206 g/mol. The van der Waals surface area contributed by atoms with E-state index in [2.05, 4.69) is 9.97 Å². The van der Waals surface area contributed by atoms with Gasteiger partial charge in [-0.2, -0.15) is 0 Å². The number of rotatable bonds is 1. The van der Waals surface area contributed by atoms with Crippen molar-refractivity contribution in [2.24, 2.45) is 0 Å². The molecular formula is C10H7FN2S. The number of hydrogen-bond acceptors (Lipinski definition) is 2. The Kier molecular flexibility index (Phi) is 2.37. The van der Waals surface area contributed by atoms with Crippen LogP contribution in [-0.2, 0) is 0 Å². The van der Waals surface area contributed by atoms with Crippen LogP contribution in [0.15, 0.2) is 36.7 Å². The fourth-order valence-corrected chi connectivity index (χ4v) is 1.26. The van der Waals surface area contributed by atoms with Crippen LogP contribution in [0.25, 0.3) is 11.3 Å². The van der Waals surface area contributed by atoms with Gasteiger partial charge >= 0.3 is 0 Å². The topological polar surface area (TPSA) is 28.7 Å². The lowest BCUT2D eigenvalue weighted by atomic mass is 10.1. The average molecular weight is 206 g/mol. The van der Waals surface area contributed by atoms with Crippen LogP contribution < -0.4 is 0 Å². The minimum absolute atomic E-state index is 0.272. The Hall–Kier alpha value is -1.55. The molecular weight excluding hydrogens is 199 g/mol. The summed E-state index contributed by atoms with van der Waals surface area (Å²) in [6.07, 6.45) is 3.20. The fourth-order valence-electron chi connectivity index (χ4n) is 1.15. The van der Waals surface area contributed by atoms with Gasteiger partial charge in [-0.25, -0.2) is 4.39 Å². The van der Waals surface area contributed by atoms with Crippen LogP contribution in [0.2, 0.25) is 0 Å². The van der Waals surface area contributed by atoms with E-state index in [-0.39, 0.29) is 5.82 Å². The number of nitrogens with zero attached hydrogens (tertiary/aromatic N) is 1. The van der Waals surface area contributed by atoms with Crippen molar-refractivity contribution >= 4 is 12.2 Å². The van der Waals surface area contributed by atoms with Crippen LogP contribution >= 0.6 is 12.2 Å². The van der Waals surface area contributed by atoms with Gasteiger partial charge in [0.2, 0.25) is 0 Å². The highest BCUT2D eigenvalue weighted by molar-refractivity contribution is 7.71. The first-order valence-electron chi connectivity index (χ1n) is 4.06. The molecule has 0 atom stereocenters. The van der Waals surface area contributed by atoms with Gasteiger partial charge < -0.3 is 4.98 Å². The van der Waals surface area contributed by atoms with E-state index >= 15 is 0 Å². The minimum Gasteiger partial charge on any atom is -0.350 e. The van der Waals surface area contributed by atoms with Crippen LogP contribution in [0, 0.1) is 10.5 Å². The Bertz CT molecular complexity index is 487. The normalized spacial score (nSPS) is 10.1. The maximum atomic E-state index is 12.9. The molecule has 1 aromatic heterocycles. The Balaban J connectivity index is 2.49. The number of hydrogen-bond donors (Lipinski definition) is 1. The van der Waals surface area contributed by atoms with Crippen LogP contribution in [0.4, 0.5) is 4.39 Å². The molecule has 0 saturated carbocycles. The van der Waals surface area contributed by atoms with E-state index in [1.807, 2.05) is 0 Å². The fraction of sp³-hybridized carbons (Fsp3) is 0. The third kappa shape index (κ3) is 1.85. The van der Waals surface area contributed by atoms with Gasteiger partial charge in [0.15, 0.2) is 0 Å². The van der Waals surface area contributed by atoms with Crippen molar-refractivity contribution in [1.29, 1.82) is 0 Å². The van der Waals surface area contributed by atoms with Crippen molar-refractivity contribution in [2.45, 2.75) is 0 Å². The second kappa shape index (κ2) is 3.67. The molecule has 0 saturated heterocycles. The van der Waals surface area contributed by atoms with E-state index in [1.165, 1.54) is 18.3 Å². The first-order chi connectivity index (χ1) is 6.75. The minimum atomic E-state index is -0.272. The summed E-state index contributed by atoms with van der Waals surface area (Å²) in [7, 11) is 0. The summed E-state index contributed by atoms with van der Waals surface area (Å²) in [6.45, 7) is 0. The van der Waals surface area contributed by atoms with Crippen molar-refractivity contribution in [3.63, 3.8) is 0 Å². The second-order valence-electron chi connectivity index (χ2n) is 2.81. The van der Waals surface area contributed by atoms with Crippen molar-refractivity contribution in [3.8, 4) is 11.3 Å². The van der Waals surface area contributed by atoms with E-state index in [1.54, 1.807) is 18.3 Å². The summed E-state index contributed by atoms with van der Waals surface area (Å²) in [5, 5.41) is 0. The molecule has 14 heavy (non-hydrogen) atoms. The smallest absolute Gasteiger partial charge is 0.123 e. The number of H-pyrrole nitrogens is 1. The molecule has 70 valence electrons. The maximum Gasteiger partial charge on any atom is 0.123 e. The van der Waals surface area contributed by atoms with Crippen molar-refractivity contribution < 1.29 is 4.39 Å². The zero-order valence-corrected chi connectivity index (χ0v) is 8.01. The summed E-state index contributed by atoms with van der Waals surface area (Å²) in [5.41, 5.74) is 1.41. The second-order valence-corrected chi connectivity index (χ2v) is 3.25. The number of nitrogens with one attached hydrogen (secondary N) is 1. The molecule has 1 aromatic carbocycles. The molecule has 0 bridgehead atoms. The Labute approximate surface area is 85.5 Å². The predicted octanol–water partition coefficient (Wildman–Crippen LogP) is 2.95. The highest BCUT2D eigenvalue weighted by Gasteiger charge is 1.98. The Morgan fingerprint density at radius 3 is 2.86 bits per heavy atom. The largest absolute Gasteiger partial charge is 0.350 e. The SMILES string of the molecule is Fc1cccc(-c2c[nH]c(=S)cn2)c1. The molecule has 0 unspecified atom stereocenters. The first kappa shape index (κ1) is 9.02. The molecule has 0 aliphatic rings. The van der Waals surface area contributed by atoms with Crippen LogP contribution in [-0.4, -0.2) is 9.97 Å². The lowest BCUT2D eigenvalue weighted by molar-refractivity contribution is 0.628. The van der Waals surface area contributed by atoms with Gasteiger partial charge in [0.25, 0.3) is 0 Å². The molecule has 1 N–H and O–H groups in total. The maximum absolute atomic E-state index is 12.9. The number of halogens is 1. The molecule has 2 aromatic rings. The van der Waals surface area contributed by atoms with Crippen LogP contribution in [0.5, 0.6) is 0 Å². The summed E-state index contributed by atoms with van der Waals surface area (Å²) >= 11 is 4.86. The zero-order chi connectivity index (χ0) is 9.97. The van der Waals surface area contributed by atoms with Crippen LogP contribution in [0.3, 0.4) is 0 Å². The number of aromatic amines is 1. The van der Waals surface area contributed by atoms with Gasteiger partial charge in [0, 0.05) is 11.8 Å². The standard InChI is InChI=1S/C10H7FN2S/c11-8-3-1-2-7(4-8)9-5-13-10(14)6-12-9/h1-6H,(H,13,14). The Morgan fingerprint density at radius 2 is 2.21 bits per heavy atom. The predicted molar refractivity (Wildman–Crippen MR) is 54.8 cm³/mol. The van der Waals surface area contributed by atoms with Crippen molar-refractivity contribution in [2.75, 3.05) is 0 Å². The lowest BCUT2D eigenvalue weighted by Crippen LogP contribution is -1.85. The van der Waals surface area contributed by atoms with Gasteiger partial charge in [-0.3, -0.25) is 4.98 Å². The van der Waals surface area contributed by atoms with Crippen molar-refractivity contribution in [1.82, 2.24) is 9.97 Å². The molecule has 2 nitrogen and oxygen atoms in total. The Morgan fingerprint density at radius 1 is 1.36 bits per heavy atom. The quantitative estimate of drug-likeness (QED) is 0.727. The molecule has 0 aliphatic heterocycles. The third-order valence-electron chi connectivity index (χ3n) is 1.79.